The van der Waals surface area contributed by atoms with Crippen LogP contribution in [0, 0.1) is 0 Å². The predicted octanol–water partition coefficient (Wildman–Crippen LogP) is 2.63. The van der Waals surface area contributed by atoms with Gasteiger partial charge in [0.1, 0.15) is 0 Å². The third-order valence-electron chi connectivity index (χ3n) is 4.11. The van der Waals surface area contributed by atoms with Gasteiger partial charge in [-0.3, -0.25) is 9.89 Å². The van der Waals surface area contributed by atoms with Gasteiger partial charge in [-0.05, 0) is 30.9 Å². The van der Waals surface area contributed by atoms with Crippen LogP contribution < -0.4 is 10.6 Å². The first-order valence-electron chi connectivity index (χ1n) is 8.00. The fourth-order valence-corrected chi connectivity index (χ4v) is 2.73. The summed E-state index contributed by atoms with van der Waals surface area (Å²) < 4.78 is 0. The van der Waals surface area contributed by atoms with Gasteiger partial charge in [-0.2, -0.15) is 0 Å². The smallest absolute Gasteiger partial charge is 0.191 e. The number of rotatable bonds is 5. The molecule has 1 aromatic carbocycles. The van der Waals surface area contributed by atoms with E-state index < -0.39 is 0 Å². The summed E-state index contributed by atoms with van der Waals surface area (Å²) in [6.07, 6.45) is 2.27. The van der Waals surface area contributed by atoms with Gasteiger partial charge in [-0.15, -0.1) is 24.0 Å². The molecule has 0 aliphatic carbocycles. The Balaban J connectivity index is 0.00000242. The van der Waals surface area contributed by atoms with Gasteiger partial charge < -0.3 is 10.6 Å². The zero-order chi connectivity index (χ0) is 15.1. The third-order valence-corrected chi connectivity index (χ3v) is 4.11. The van der Waals surface area contributed by atoms with Gasteiger partial charge in [0, 0.05) is 39.3 Å². The maximum Gasteiger partial charge on any atom is 0.191 e. The van der Waals surface area contributed by atoms with Gasteiger partial charge in [0.2, 0.25) is 0 Å². The highest BCUT2D eigenvalue weighted by Gasteiger charge is 2.20. The average Bonchev–Trinajstić information content (AvgIpc) is 2.54. The molecule has 0 saturated heterocycles. The van der Waals surface area contributed by atoms with E-state index >= 15 is 0 Å². The number of fused-ring (bicyclic) bond motifs is 1. The summed E-state index contributed by atoms with van der Waals surface area (Å²) >= 11 is 0. The molecular weight excluding hydrogens is 387 g/mol. The number of nitrogens with zero attached hydrogens (tertiary/aromatic N) is 2. The molecule has 1 unspecified atom stereocenters. The first-order valence-corrected chi connectivity index (χ1v) is 8.00. The number of hydrogen-bond acceptors (Lipinski definition) is 2. The van der Waals surface area contributed by atoms with Crippen LogP contribution in [-0.4, -0.2) is 43.6 Å². The molecule has 0 spiro atoms. The molecule has 1 heterocycles. The standard InChI is InChI=1S/C17H28N4.HI/c1-4-10-19-17(18-3)20-12-14(2)21-11-9-15-7-5-6-8-16(15)13-21;/h5-8,14H,4,9-13H2,1-3H3,(H2,18,19,20);1H. The minimum absolute atomic E-state index is 0. The van der Waals surface area contributed by atoms with E-state index in [0.717, 1.165) is 45.0 Å². The Hall–Kier alpha value is -0.820. The molecular formula is C17H29IN4. The van der Waals surface area contributed by atoms with Crippen LogP contribution in [0.5, 0.6) is 0 Å². The second-order valence-electron chi connectivity index (χ2n) is 5.72. The molecule has 5 heteroatoms. The van der Waals surface area contributed by atoms with Crippen molar-refractivity contribution in [3.05, 3.63) is 35.4 Å². The molecule has 0 fully saturated rings. The van der Waals surface area contributed by atoms with Crippen LogP contribution >= 0.6 is 24.0 Å². The van der Waals surface area contributed by atoms with E-state index in [2.05, 4.69) is 58.6 Å². The molecule has 1 aromatic rings. The van der Waals surface area contributed by atoms with Crippen molar-refractivity contribution in [3.63, 3.8) is 0 Å². The van der Waals surface area contributed by atoms with Crippen molar-refractivity contribution in [2.45, 2.75) is 39.3 Å². The summed E-state index contributed by atoms with van der Waals surface area (Å²) in [5.74, 6) is 0.904. The second kappa shape index (κ2) is 10.0. The van der Waals surface area contributed by atoms with Crippen LogP contribution in [0.15, 0.2) is 29.3 Å². The van der Waals surface area contributed by atoms with E-state index in [1.807, 2.05) is 7.05 Å². The zero-order valence-corrected chi connectivity index (χ0v) is 16.3. The van der Waals surface area contributed by atoms with Crippen molar-refractivity contribution in [1.29, 1.82) is 0 Å². The first kappa shape index (κ1) is 19.2. The lowest BCUT2D eigenvalue weighted by atomic mass is 9.99. The molecule has 1 atom stereocenters. The lowest BCUT2D eigenvalue weighted by Gasteiger charge is -2.34. The Labute approximate surface area is 151 Å². The van der Waals surface area contributed by atoms with Crippen molar-refractivity contribution in [3.8, 4) is 0 Å². The molecule has 22 heavy (non-hydrogen) atoms. The van der Waals surface area contributed by atoms with Crippen molar-refractivity contribution in [1.82, 2.24) is 15.5 Å². The van der Waals surface area contributed by atoms with Crippen molar-refractivity contribution in [2.75, 3.05) is 26.7 Å². The summed E-state index contributed by atoms with van der Waals surface area (Å²) in [5.41, 5.74) is 2.98. The minimum Gasteiger partial charge on any atom is -0.356 e. The van der Waals surface area contributed by atoms with E-state index in [9.17, 15) is 0 Å². The topological polar surface area (TPSA) is 39.7 Å². The summed E-state index contributed by atoms with van der Waals surface area (Å²) in [6.45, 7) is 8.53. The average molecular weight is 416 g/mol. The van der Waals surface area contributed by atoms with E-state index in [0.29, 0.717) is 6.04 Å². The lowest BCUT2D eigenvalue weighted by Crippen LogP contribution is -2.47. The van der Waals surface area contributed by atoms with Crippen LogP contribution in [0.4, 0.5) is 0 Å². The molecule has 1 aliphatic heterocycles. The number of benzene rings is 1. The predicted molar refractivity (Wildman–Crippen MR) is 105 cm³/mol. The molecule has 2 rings (SSSR count). The largest absolute Gasteiger partial charge is 0.356 e. The van der Waals surface area contributed by atoms with Gasteiger partial charge >= 0.3 is 0 Å². The summed E-state index contributed by atoms with van der Waals surface area (Å²) in [7, 11) is 1.83. The van der Waals surface area contributed by atoms with Crippen LogP contribution in [0.1, 0.15) is 31.4 Å². The Morgan fingerprint density at radius 2 is 2.00 bits per heavy atom. The normalized spacial score (nSPS) is 16.4. The lowest BCUT2D eigenvalue weighted by molar-refractivity contribution is 0.191. The zero-order valence-electron chi connectivity index (χ0n) is 13.9. The molecule has 0 bridgehead atoms. The maximum atomic E-state index is 4.25. The van der Waals surface area contributed by atoms with Crippen LogP contribution in [0.2, 0.25) is 0 Å². The fraction of sp³-hybridized carbons (Fsp3) is 0.588. The first-order chi connectivity index (χ1) is 10.2. The van der Waals surface area contributed by atoms with Gasteiger partial charge in [0.25, 0.3) is 0 Å². The number of hydrogen-bond donors (Lipinski definition) is 2. The van der Waals surface area contributed by atoms with Gasteiger partial charge in [0.15, 0.2) is 5.96 Å². The third kappa shape index (κ3) is 5.43. The summed E-state index contributed by atoms with van der Waals surface area (Å²) in [6, 6.07) is 9.29. The van der Waals surface area contributed by atoms with Crippen molar-refractivity contribution in [2.24, 2.45) is 4.99 Å². The highest BCUT2D eigenvalue weighted by atomic mass is 127. The quantitative estimate of drug-likeness (QED) is 0.441. The molecule has 2 N–H and O–H groups in total. The molecule has 0 saturated carbocycles. The molecule has 0 radical (unpaired) electrons. The van der Waals surface area contributed by atoms with Gasteiger partial charge in [-0.1, -0.05) is 31.2 Å². The number of aliphatic imine (C=N–C) groups is 1. The number of halogens is 1. The monoisotopic (exact) mass is 416 g/mol. The molecule has 0 aromatic heterocycles. The van der Waals surface area contributed by atoms with Crippen LogP contribution in [0.25, 0.3) is 0 Å². The van der Waals surface area contributed by atoms with E-state index in [-0.39, 0.29) is 24.0 Å². The van der Waals surface area contributed by atoms with Crippen LogP contribution in [-0.2, 0) is 13.0 Å². The highest BCUT2D eigenvalue weighted by Crippen LogP contribution is 2.19. The number of guanidine groups is 1. The van der Waals surface area contributed by atoms with E-state index in [1.54, 1.807) is 0 Å². The van der Waals surface area contributed by atoms with Crippen LogP contribution in [0.3, 0.4) is 0 Å². The molecule has 1 aliphatic rings. The maximum absolute atomic E-state index is 4.25. The molecule has 124 valence electrons. The number of nitrogens with one attached hydrogen (secondary N) is 2. The van der Waals surface area contributed by atoms with Gasteiger partial charge in [-0.25, -0.2) is 0 Å². The minimum atomic E-state index is 0. The Kier molecular flexibility index (Phi) is 8.78. The van der Waals surface area contributed by atoms with E-state index in [1.165, 1.54) is 11.1 Å². The fourth-order valence-electron chi connectivity index (χ4n) is 2.73. The highest BCUT2D eigenvalue weighted by molar-refractivity contribution is 14.0. The van der Waals surface area contributed by atoms with E-state index in [4.69, 9.17) is 0 Å². The Bertz CT molecular complexity index is 475. The second-order valence-corrected chi connectivity index (χ2v) is 5.72. The van der Waals surface area contributed by atoms with Gasteiger partial charge in [0.05, 0.1) is 0 Å². The molecule has 0 amide bonds. The van der Waals surface area contributed by atoms with Crippen molar-refractivity contribution < 1.29 is 0 Å². The molecule has 4 nitrogen and oxygen atoms in total. The van der Waals surface area contributed by atoms with Crippen molar-refractivity contribution >= 4 is 29.9 Å². The Morgan fingerprint density at radius 3 is 2.68 bits per heavy atom. The SMILES string of the molecule is CCCNC(=NC)NCC(C)N1CCc2ccccc2C1.I. The summed E-state index contributed by atoms with van der Waals surface area (Å²) in [4.78, 5) is 6.80. The summed E-state index contributed by atoms with van der Waals surface area (Å²) in [5, 5.41) is 6.74. The Morgan fingerprint density at radius 1 is 1.27 bits per heavy atom.